The Bertz CT molecular complexity index is 674. The quantitative estimate of drug-likeness (QED) is 0.789. The van der Waals surface area contributed by atoms with Gasteiger partial charge in [-0.25, -0.2) is 0 Å². The first-order chi connectivity index (χ1) is 9.13. The molecular formula is C15H10ClNO2. The molecule has 2 aromatic rings. The number of ether oxygens (including phenoxy) is 1. The molecule has 0 fully saturated rings. The highest BCUT2D eigenvalue weighted by molar-refractivity contribution is 6.30. The average molecular weight is 272 g/mol. The van der Waals surface area contributed by atoms with E-state index in [1.165, 1.54) is 6.07 Å². The highest BCUT2D eigenvalue weighted by Gasteiger charge is 2.08. The van der Waals surface area contributed by atoms with Crippen molar-refractivity contribution in [2.24, 2.45) is 0 Å². The van der Waals surface area contributed by atoms with Crippen molar-refractivity contribution in [1.29, 1.82) is 5.26 Å². The highest BCUT2D eigenvalue weighted by atomic mass is 35.5. The topological polar surface area (TPSA) is 50.1 Å². The van der Waals surface area contributed by atoms with Gasteiger partial charge in [0.2, 0.25) is 0 Å². The first-order valence-electron chi connectivity index (χ1n) is 5.57. The lowest BCUT2D eigenvalue weighted by Crippen LogP contribution is -1.93. The molecular weight excluding hydrogens is 262 g/mol. The molecule has 0 aliphatic rings. The fraction of sp³-hybridized carbons (Fsp3) is 0.0667. The van der Waals surface area contributed by atoms with Gasteiger partial charge in [-0.1, -0.05) is 17.7 Å². The second kappa shape index (κ2) is 5.55. The molecule has 0 aliphatic carbocycles. The van der Waals surface area contributed by atoms with Crippen LogP contribution in [0.5, 0.6) is 11.5 Å². The molecule has 0 atom stereocenters. The second-order valence-corrected chi connectivity index (χ2v) is 4.43. The summed E-state index contributed by atoms with van der Waals surface area (Å²) >= 11 is 5.82. The number of nitriles is 1. The maximum atomic E-state index is 11.0. The molecule has 0 N–H and O–H groups in total. The van der Waals surface area contributed by atoms with Crippen LogP contribution in [-0.2, 0) is 0 Å². The number of halogens is 1. The van der Waals surface area contributed by atoms with E-state index < -0.39 is 0 Å². The zero-order valence-corrected chi connectivity index (χ0v) is 10.9. The minimum Gasteiger partial charge on any atom is -0.456 e. The van der Waals surface area contributed by atoms with Crippen molar-refractivity contribution in [3.05, 3.63) is 58.1 Å². The third kappa shape index (κ3) is 2.93. The van der Waals surface area contributed by atoms with E-state index in [2.05, 4.69) is 0 Å². The Hall–Kier alpha value is -2.31. The molecule has 0 amide bonds. The molecule has 0 heterocycles. The number of benzene rings is 2. The summed E-state index contributed by atoms with van der Waals surface area (Å²) in [5, 5.41) is 9.35. The Kier molecular flexibility index (Phi) is 3.84. The summed E-state index contributed by atoms with van der Waals surface area (Å²) in [6.07, 6.45) is 0.685. The zero-order chi connectivity index (χ0) is 13.8. The van der Waals surface area contributed by atoms with Crippen LogP contribution in [0.15, 0.2) is 36.4 Å². The number of aryl methyl sites for hydroxylation is 1. The Morgan fingerprint density at radius 2 is 2.00 bits per heavy atom. The van der Waals surface area contributed by atoms with Crippen molar-refractivity contribution < 1.29 is 9.53 Å². The van der Waals surface area contributed by atoms with Crippen molar-refractivity contribution in [2.75, 3.05) is 0 Å². The Balaban J connectivity index is 2.41. The van der Waals surface area contributed by atoms with Gasteiger partial charge in [-0.15, -0.1) is 0 Å². The zero-order valence-electron chi connectivity index (χ0n) is 10.2. The van der Waals surface area contributed by atoms with Gasteiger partial charge < -0.3 is 4.74 Å². The van der Waals surface area contributed by atoms with Crippen LogP contribution in [0.3, 0.4) is 0 Å². The molecule has 2 aromatic carbocycles. The van der Waals surface area contributed by atoms with Crippen LogP contribution in [0.4, 0.5) is 0 Å². The standard InChI is InChI=1S/C15H10ClNO2/c1-10-2-3-11(8-17)6-15(10)19-14-5-4-13(16)7-12(14)9-18/h2-7,9H,1H3. The predicted octanol–water partition coefficient (Wildman–Crippen LogP) is 4.12. The Labute approximate surface area is 116 Å². The van der Waals surface area contributed by atoms with Gasteiger partial charge in [0.05, 0.1) is 17.2 Å². The summed E-state index contributed by atoms with van der Waals surface area (Å²) in [5.41, 5.74) is 1.75. The third-order valence-electron chi connectivity index (χ3n) is 2.64. The number of hydrogen-bond donors (Lipinski definition) is 0. The molecule has 0 bridgehead atoms. The molecule has 0 aliphatic heterocycles. The highest BCUT2D eigenvalue weighted by Crippen LogP contribution is 2.29. The molecule has 94 valence electrons. The van der Waals surface area contributed by atoms with Crippen molar-refractivity contribution >= 4 is 17.9 Å². The molecule has 2 rings (SSSR count). The first kappa shape index (κ1) is 13.1. The molecule has 0 radical (unpaired) electrons. The minimum absolute atomic E-state index is 0.370. The molecule has 0 spiro atoms. The molecule has 3 nitrogen and oxygen atoms in total. The Morgan fingerprint density at radius 3 is 2.68 bits per heavy atom. The monoisotopic (exact) mass is 271 g/mol. The normalized spacial score (nSPS) is 9.74. The summed E-state index contributed by atoms with van der Waals surface area (Å²) in [5.74, 6) is 0.960. The van der Waals surface area contributed by atoms with Crippen LogP contribution < -0.4 is 4.74 Å². The predicted molar refractivity (Wildman–Crippen MR) is 72.8 cm³/mol. The smallest absolute Gasteiger partial charge is 0.153 e. The van der Waals surface area contributed by atoms with E-state index in [4.69, 9.17) is 21.6 Å². The number of carbonyl (C=O) groups is 1. The fourth-order valence-electron chi connectivity index (χ4n) is 1.60. The molecule has 0 aromatic heterocycles. The third-order valence-corrected chi connectivity index (χ3v) is 2.87. The molecule has 0 saturated carbocycles. The number of nitrogens with zero attached hydrogens (tertiary/aromatic N) is 1. The van der Waals surface area contributed by atoms with E-state index in [9.17, 15) is 4.79 Å². The van der Waals surface area contributed by atoms with E-state index in [0.29, 0.717) is 33.9 Å². The lowest BCUT2D eigenvalue weighted by molar-refractivity contribution is 0.112. The number of hydrogen-bond acceptors (Lipinski definition) is 3. The van der Waals surface area contributed by atoms with Gasteiger partial charge in [0.1, 0.15) is 11.5 Å². The van der Waals surface area contributed by atoms with Crippen molar-refractivity contribution in [3.8, 4) is 17.6 Å². The van der Waals surface area contributed by atoms with Gasteiger partial charge >= 0.3 is 0 Å². The number of aldehydes is 1. The Morgan fingerprint density at radius 1 is 1.21 bits per heavy atom. The minimum atomic E-state index is 0.370. The van der Waals surface area contributed by atoms with E-state index in [0.717, 1.165) is 5.56 Å². The van der Waals surface area contributed by atoms with Gasteiger partial charge in [-0.05, 0) is 42.8 Å². The van der Waals surface area contributed by atoms with Crippen molar-refractivity contribution in [3.63, 3.8) is 0 Å². The summed E-state index contributed by atoms with van der Waals surface area (Å²) in [4.78, 5) is 11.0. The van der Waals surface area contributed by atoms with Crippen LogP contribution in [0.2, 0.25) is 5.02 Å². The first-order valence-corrected chi connectivity index (χ1v) is 5.95. The average Bonchev–Trinajstić information content (AvgIpc) is 2.43. The van der Waals surface area contributed by atoms with Gasteiger partial charge in [0.15, 0.2) is 6.29 Å². The maximum Gasteiger partial charge on any atom is 0.153 e. The van der Waals surface area contributed by atoms with Crippen LogP contribution in [0.1, 0.15) is 21.5 Å². The molecule has 4 heteroatoms. The second-order valence-electron chi connectivity index (χ2n) is 3.99. The van der Waals surface area contributed by atoms with E-state index in [1.54, 1.807) is 30.3 Å². The molecule has 19 heavy (non-hydrogen) atoms. The van der Waals surface area contributed by atoms with Crippen LogP contribution in [-0.4, -0.2) is 6.29 Å². The summed E-state index contributed by atoms with van der Waals surface area (Å²) in [6, 6.07) is 12.0. The summed E-state index contributed by atoms with van der Waals surface area (Å²) < 4.78 is 5.69. The molecule has 0 saturated heterocycles. The van der Waals surface area contributed by atoms with E-state index in [-0.39, 0.29) is 0 Å². The lowest BCUT2D eigenvalue weighted by atomic mass is 10.1. The van der Waals surface area contributed by atoms with Crippen molar-refractivity contribution in [1.82, 2.24) is 0 Å². The van der Waals surface area contributed by atoms with Gasteiger partial charge in [-0.2, -0.15) is 5.26 Å². The summed E-state index contributed by atoms with van der Waals surface area (Å²) in [7, 11) is 0. The number of carbonyl (C=O) groups excluding carboxylic acids is 1. The van der Waals surface area contributed by atoms with Crippen LogP contribution >= 0.6 is 11.6 Å². The van der Waals surface area contributed by atoms with Crippen LogP contribution in [0, 0.1) is 18.3 Å². The van der Waals surface area contributed by atoms with Gasteiger partial charge in [-0.3, -0.25) is 4.79 Å². The SMILES string of the molecule is Cc1ccc(C#N)cc1Oc1ccc(Cl)cc1C=O. The lowest BCUT2D eigenvalue weighted by Gasteiger charge is -2.10. The van der Waals surface area contributed by atoms with Crippen molar-refractivity contribution in [2.45, 2.75) is 6.92 Å². The fourth-order valence-corrected chi connectivity index (χ4v) is 1.78. The van der Waals surface area contributed by atoms with Gasteiger partial charge in [0, 0.05) is 5.02 Å². The van der Waals surface area contributed by atoms with Gasteiger partial charge in [0.25, 0.3) is 0 Å². The van der Waals surface area contributed by atoms with E-state index in [1.807, 2.05) is 13.0 Å². The maximum absolute atomic E-state index is 11.0. The van der Waals surface area contributed by atoms with E-state index >= 15 is 0 Å². The van der Waals surface area contributed by atoms with Crippen LogP contribution in [0.25, 0.3) is 0 Å². The molecule has 0 unspecified atom stereocenters. The largest absolute Gasteiger partial charge is 0.456 e. The number of rotatable bonds is 3. The summed E-state index contributed by atoms with van der Waals surface area (Å²) in [6.45, 7) is 1.87.